The van der Waals surface area contributed by atoms with Gasteiger partial charge in [-0.2, -0.15) is 0 Å². The van der Waals surface area contributed by atoms with Crippen LogP contribution in [0.3, 0.4) is 0 Å². The molecule has 0 bridgehead atoms. The van der Waals surface area contributed by atoms with E-state index < -0.39 is 11.9 Å². The average Bonchev–Trinajstić information content (AvgIpc) is 3.81. The van der Waals surface area contributed by atoms with Gasteiger partial charge in [0.05, 0.1) is 18.1 Å². The fourth-order valence-electron chi connectivity index (χ4n) is 6.17. The van der Waals surface area contributed by atoms with Crippen LogP contribution in [-0.2, 0) is 14.5 Å². The van der Waals surface area contributed by atoms with Crippen LogP contribution in [0, 0.1) is 11.7 Å². The number of pyridine rings is 1. The smallest absolute Gasteiger partial charge is 0.270 e. The van der Waals surface area contributed by atoms with Crippen LogP contribution in [0.15, 0.2) is 67.4 Å². The number of carbonyl (C=O) groups is 3. The number of piperazine rings is 1. The Morgan fingerprint density at radius 2 is 1.80 bits per heavy atom. The van der Waals surface area contributed by atoms with E-state index in [9.17, 15) is 23.3 Å². The summed E-state index contributed by atoms with van der Waals surface area (Å²) >= 11 is 0. The number of hydrogen-bond acceptors (Lipinski definition) is 7. The highest BCUT2D eigenvalue weighted by atomic mass is 19.3. The molecule has 3 amide bonds. The van der Waals surface area contributed by atoms with E-state index in [1.54, 1.807) is 11.0 Å². The van der Waals surface area contributed by atoms with E-state index in [1.165, 1.54) is 37.1 Å². The van der Waals surface area contributed by atoms with Crippen LogP contribution in [0.2, 0.25) is 0 Å². The molecule has 3 aromatic rings. The summed E-state index contributed by atoms with van der Waals surface area (Å²) in [6, 6.07) is 12.9. The van der Waals surface area contributed by atoms with Gasteiger partial charge >= 0.3 is 0 Å². The molecule has 0 spiro atoms. The first-order valence-electron chi connectivity index (χ1n) is 16.7. The second-order valence-corrected chi connectivity index (χ2v) is 12.7. The van der Waals surface area contributed by atoms with E-state index >= 15 is 0 Å². The van der Waals surface area contributed by atoms with Crippen LogP contribution in [0.4, 0.5) is 14.6 Å². The van der Waals surface area contributed by atoms with Crippen molar-refractivity contribution >= 4 is 40.4 Å². The Bertz CT molecular complexity index is 1690. The number of allylic oxidation sites excluding steroid dienone is 1. The molecule has 12 heteroatoms. The van der Waals surface area contributed by atoms with Crippen molar-refractivity contribution in [3.63, 3.8) is 0 Å². The minimum Gasteiger partial charge on any atom is -0.369 e. The van der Waals surface area contributed by atoms with Crippen molar-refractivity contribution in [3.05, 3.63) is 90.1 Å². The standard InChI is InChI=1S/C35H41FN6O3.C2H3FO/c1-23(29-21-28(41-18-16-40(2)17-19-41)12-9-25(29)8-7-24-5-6-24)38-35(45)32-4-3-15-42(32)33(43)22-37-34(44)31-13-10-26-20-27(36)11-14-30(26)39-31;1-2-4-3/h7-14,20-21,23-24,32H,3-6,15-19,22H2,1-2H3,(H,37,44)(H,38,45);2H,1H2/b8-7+;/t23-,32?;/m0./s1. The highest BCUT2D eigenvalue weighted by Gasteiger charge is 2.35. The number of hydrogen-bond donors (Lipinski definition) is 2. The molecule has 1 unspecified atom stereocenters. The Hall–Kier alpha value is -4.84. The van der Waals surface area contributed by atoms with Gasteiger partial charge in [-0.25, -0.2) is 9.37 Å². The minimum absolute atomic E-state index is 0.136. The second-order valence-electron chi connectivity index (χ2n) is 12.7. The largest absolute Gasteiger partial charge is 0.369 e. The Morgan fingerprint density at radius 3 is 2.51 bits per heavy atom. The van der Waals surface area contributed by atoms with E-state index in [-0.39, 0.29) is 35.9 Å². The zero-order valence-corrected chi connectivity index (χ0v) is 28.0. The Balaban J connectivity index is 0.00000111. The second kappa shape index (κ2) is 16.5. The zero-order chi connectivity index (χ0) is 34.9. The molecule has 2 N–H and O–H groups in total. The van der Waals surface area contributed by atoms with Crippen molar-refractivity contribution in [3.8, 4) is 0 Å². The van der Waals surface area contributed by atoms with Gasteiger partial charge in [0.25, 0.3) is 5.91 Å². The van der Waals surface area contributed by atoms with E-state index in [0.717, 1.165) is 43.0 Å². The molecule has 10 nitrogen and oxygen atoms in total. The molecule has 2 saturated heterocycles. The molecule has 3 fully saturated rings. The number of nitrogens with zero attached hydrogens (tertiary/aromatic N) is 4. The molecule has 2 aliphatic heterocycles. The molecule has 0 radical (unpaired) electrons. The lowest BCUT2D eigenvalue weighted by Gasteiger charge is -2.34. The third-order valence-electron chi connectivity index (χ3n) is 9.16. The molecule has 2 aromatic carbocycles. The molecular weight excluding hydrogens is 630 g/mol. The van der Waals surface area contributed by atoms with Crippen molar-refractivity contribution in [2.75, 3.05) is 51.2 Å². The quantitative estimate of drug-likeness (QED) is 0.286. The number of benzene rings is 2. The first-order chi connectivity index (χ1) is 23.7. The topological polar surface area (TPSA) is 107 Å². The lowest BCUT2D eigenvalue weighted by atomic mass is 9.98. The normalized spacial score (nSPS) is 18.5. The summed E-state index contributed by atoms with van der Waals surface area (Å²) in [5.74, 6) is -0.752. The minimum atomic E-state index is -0.600. The van der Waals surface area contributed by atoms with Crippen LogP contribution >= 0.6 is 0 Å². The van der Waals surface area contributed by atoms with Gasteiger partial charge in [-0.05, 0) is 93.1 Å². The summed E-state index contributed by atoms with van der Waals surface area (Å²) in [6.45, 7) is 9.03. The zero-order valence-electron chi connectivity index (χ0n) is 28.0. The first-order valence-corrected chi connectivity index (χ1v) is 16.7. The number of nitrogens with one attached hydrogen (secondary N) is 2. The van der Waals surface area contributed by atoms with Crippen molar-refractivity contribution in [2.24, 2.45) is 5.92 Å². The number of likely N-dealkylation sites (N-methyl/N-ethyl adjacent to an activating group) is 1. The van der Waals surface area contributed by atoms with Gasteiger partial charge < -0.3 is 30.3 Å². The van der Waals surface area contributed by atoms with E-state index in [2.05, 4.69) is 74.3 Å². The van der Waals surface area contributed by atoms with E-state index in [0.29, 0.717) is 42.5 Å². The summed E-state index contributed by atoms with van der Waals surface area (Å²) in [5.41, 5.74) is 3.94. The number of likely N-dealkylation sites (tertiary alicyclic amines) is 1. The summed E-state index contributed by atoms with van der Waals surface area (Å²) in [6.07, 6.45) is 8.88. The van der Waals surface area contributed by atoms with Crippen molar-refractivity contribution in [2.45, 2.75) is 44.7 Å². The molecule has 1 aliphatic carbocycles. The number of amides is 3. The van der Waals surface area contributed by atoms with Crippen LogP contribution in [-0.4, -0.2) is 84.9 Å². The highest BCUT2D eigenvalue weighted by molar-refractivity contribution is 5.97. The maximum atomic E-state index is 13.6. The monoisotopic (exact) mass is 674 g/mol. The number of halogens is 2. The number of anilines is 1. The van der Waals surface area contributed by atoms with Gasteiger partial charge in [0.2, 0.25) is 11.8 Å². The van der Waals surface area contributed by atoms with Crippen LogP contribution < -0.4 is 15.5 Å². The number of carbonyl (C=O) groups excluding carboxylic acids is 3. The van der Waals surface area contributed by atoms with Gasteiger partial charge in [0.1, 0.15) is 23.8 Å². The predicted octanol–water partition coefficient (Wildman–Crippen LogP) is 5.18. The lowest BCUT2D eigenvalue weighted by molar-refractivity contribution is -0.137. The maximum Gasteiger partial charge on any atom is 0.270 e. The van der Waals surface area contributed by atoms with Gasteiger partial charge in [-0.15, -0.1) is 0 Å². The lowest BCUT2D eigenvalue weighted by Crippen LogP contribution is -2.49. The number of fused-ring (bicyclic) bond motifs is 1. The third-order valence-corrected chi connectivity index (χ3v) is 9.16. The van der Waals surface area contributed by atoms with Crippen LogP contribution in [0.1, 0.15) is 60.3 Å². The molecular formula is C37H44F2N6O4. The van der Waals surface area contributed by atoms with Crippen LogP contribution in [0.25, 0.3) is 17.0 Å². The van der Waals surface area contributed by atoms with Gasteiger partial charge in [-0.1, -0.05) is 30.9 Å². The molecule has 1 saturated carbocycles. The van der Waals surface area contributed by atoms with Gasteiger partial charge in [-0.3, -0.25) is 14.4 Å². The Labute approximate surface area is 285 Å². The molecule has 3 aliphatic rings. The predicted molar refractivity (Wildman–Crippen MR) is 186 cm³/mol. The number of rotatable bonds is 10. The first kappa shape index (κ1) is 35.5. The fourth-order valence-corrected chi connectivity index (χ4v) is 6.17. The molecule has 6 rings (SSSR count). The summed E-state index contributed by atoms with van der Waals surface area (Å²) < 4.78 is 23.6. The summed E-state index contributed by atoms with van der Waals surface area (Å²) in [4.78, 5) is 53.0. The van der Waals surface area contributed by atoms with Crippen molar-refractivity contribution in [1.29, 1.82) is 0 Å². The van der Waals surface area contributed by atoms with Gasteiger partial charge in [0, 0.05) is 48.3 Å². The molecule has 3 heterocycles. The van der Waals surface area contributed by atoms with E-state index in [4.69, 9.17) is 0 Å². The number of aromatic nitrogens is 1. The molecule has 260 valence electrons. The molecule has 1 aromatic heterocycles. The van der Waals surface area contributed by atoms with Crippen molar-refractivity contribution in [1.82, 2.24) is 25.4 Å². The summed E-state index contributed by atoms with van der Waals surface area (Å²) in [7, 11) is 2.14. The van der Waals surface area contributed by atoms with Crippen LogP contribution in [0.5, 0.6) is 0 Å². The molecule has 49 heavy (non-hydrogen) atoms. The van der Waals surface area contributed by atoms with Crippen molar-refractivity contribution < 1.29 is 28.2 Å². The average molecular weight is 675 g/mol. The summed E-state index contributed by atoms with van der Waals surface area (Å²) in [5, 5.41) is 6.42. The SMILES string of the molecule is C=COF.C[C@H](NC(=O)C1CCCN1C(=O)CNC(=O)c1ccc2cc(F)ccc2n1)c1cc(N2CCN(C)CC2)ccc1/C=C/C1CC1. The Kier molecular flexibility index (Phi) is 12.0. The maximum absolute atomic E-state index is 13.6. The fraction of sp³-hybridized carbons (Fsp3) is 0.405. The Morgan fingerprint density at radius 1 is 1.04 bits per heavy atom. The molecule has 2 atom stereocenters. The third kappa shape index (κ3) is 9.41. The van der Waals surface area contributed by atoms with Gasteiger partial charge in [0.15, 0.2) is 0 Å². The highest BCUT2D eigenvalue weighted by Crippen LogP contribution is 2.33. The van der Waals surface area contributed by atoms with E-state index in [1.807, 2.05) is 6.92 Å².